The molecule has 0 unspecified atom stereocenters. The normalized spacial score (nSPS) is 10.9. The molecule has 1 rings (SSSR count). The van der Waals surface area contributed by atoms with Crippen LogP contribution in [0.15, 0.2) is 18.3 Å². The molecule has 0 saturated heterocycles. The lowest BCUT2D eigenvalue weighted by Gasteiger charge is -1.97. The van der Waals surface area contributed by atoms with Crippen LogP contribution < -0.4 is 5.73 Å². The van der Waals surface area contributed by atoms with E-state index in [1.54, 1.807) is 6.08 Å². The summed E-state index contributed by atoms with van der Waals surface area (Å²) >= 11 is 3.29. The lowest BCUT2D eigenvalue weighted by Crippen LogP contribution is -1.93. The summed E-state index contributed by atoms with van der Waals surface area (Å²) in [6, 6.07) is 1.26. The van der Waals surface area contributed by atoms with Gasteiger partial charge in [-0.15, -0.1) is 0 Å². The van der Waals surface area contributed by atoms with Crippen LogP contribution >= 0.6 is 15.9 Å². The van der Waals surface area contributed by atoms with Crippen molar-refractivity contribution in [3.05, 3.63) is 29.9 Å². The number of nitrogen functional groups attached to an aromatic ring is 1. The minimum absolute atomic E-state index is 0.367. The third-order valence-corrected chi connectivity index (χ3v) is 1.93. The highest BCUT2D eigenvalue weighted by atomic mass is 79.9. The van der Waals surface area contributed by atoms with Crippen LogP contribution in [0.2, 0.25) is 0 Å². The van der Waals surface area contributed by atoms with E-state index >= 15 is 0 Å². The van der Waals surface area contributed by atoms with E-state index in [9.17, 15) is 4.39 Å². The SMILES string of the molecule is Nc1cc(F)cnc1C=CCCBr. The lowest BCUT2D eigenvalue weighted by atomic mass is 10.2. The van der Waals surface area contributed by atoms with Crippen LogP contribution in [0.3, 0.4) is 0 Å². The molecule has 0 fully saturated rings. The molecular weight excluding hydrogens is 235 g/mol. The molecule has 0 aliphatic heterocycles. The van der Waals surface area contributed by atoms with Crippen molar-refractivity contribution < 1.29 is 4.39 Å². The van der Waals surface area contributed by atoms with E-state index in [1.807, 2.05) is 6.08 Å². The van der Waals surface area contributed by atoms with E-state index in [0.717, 1.165) is 17.9 Å². The quantitative estimate of drug-likeness (QED) is 0.831. The molecule has 1 aromatic heterocycles. The van der Waals surface area contributed by atoms with Gasteiger partial charge in [-0.25, -0.2) is 4.39 Å². The van der Waals surface area contributed by atoms with E-state index < -0.39 is 5.82 Å². The fourth-order valence-electron chi connectivity index (χ4n) is 0.863. The largest absolute Gasteiger partial charge is 0.397 e. The monoisotopic (exact) mass is 244 g/mol. The van der Waals surface area contributed by atoms with Gasteiger partial charge < -0.3 is 5.73 Å². The van der Waals surface area contributed by atoms with Crippen molar-refractivity contribution in [1.82, 2.24) is 4.98 Å². The molecule has 0 aromatic carbocycles. The Morgan fingerprint density at radius 3 is 3.00 bits per heavy atom. The summed E-state index contributed by atoms with van der Waals surface area (Å²) < 4.78 is 12.6. The molecule has 70 valence electrons. The molecule has 13 heavy (non-hydrogen) atoms. The summed E-state index contributed by atoms with van der Waals surface area (Å²) in [5.74, 6) is -0.407. The van der Waals surface area contributed by atoms with Gasteiger partial charge in [-0.3, -0.25) is 4.98 Å². The molecule has 2 nitrogen and oxygen atoms in total. The van der Waals surface area contributed by atoms with Gasteiger partial charge in [0.15, 0.2) is 0 Å². The summed E-state index contributed by atoms with van der Waals surface area (Å²) in [6.07, 6.45) is 5.78. The van der Waals surface area contributed by atoms with Crippen LogP contribution in [0, 0.1) is 5.82 Å². The molecule has 0 atom stereocenters. The Balaban J connectivity index is 2.77. The maximum Gasteiger partial charge on any atom is 0.143 e. The van der Waals surface area contributed by atoms with Crippen molar-refractivity contribution in [3.63, 3.8) is 0 Å². The van der Waals surface area contributed by atoms with Crippen molar-refractivity contribution in [2.75, 3.05) is 11.1 Å². The zero-order valence-electron chi connectivity index (χ0n) is 7.00. The Bertz CT molecular complexity index is 312. The average Bonchev–Trinajstić information content (AvgIpc) is 2.09. The van der Waals surface area contributed by atoms with Crippen molar-refractivity contribution in [3.8, 4) is 0 Å². The van der Waals surface area contributed by atoms with Crippen molar-refractivity contribution in [2.24, 2.45) is 0 Å². The number of rotatable bonds is 3. The van der Waals surface area contributed by atoms with E-state index in [2.05, 4.69) is 20.9 Å². The number of nitrogens with two attached hydrogens (primary N) is 1. The molecule has 0 saturated carbocycles. The van der Waals surface area contributed by atoms with Gasteiger partial charge in [-0.1, -0.05) is 22.0 Å². The highest BCUT2D eigenvalue weighted by molar-refractivity contribution is 9.09. The van der Waals surface area contributed by atoms with E-state index in [1.165, 1.54) is 6.07 Å². The fraction of sp³-hybridized carbons (Fsp3) is 0.222. The van der Waals surface area contributed by atoms with Crippen LogP contribution in [0.1, 0.15) is 12.1 Å². The van der Waals surface area contributed by atoms with Gasteiger partial charge in [0.1, 0.15) is 5.82 Å². The summed E-state index contributed by atoms with van der Waals surface area (Å²) in [4.78, 5) is 3.85. The van der Waals surface area contributed by atoms with Crippen LogP contribution in [0.4, 0.5) is 10.1 Å². The number of anilines is 1. The van der Waals surface area contributed by atoms with Gasteiger partial charge in [0.25, 0.3) is 0 Å². The van der Waals surface area contributed by atoms with E-state index in [0.29, 0.717) is 11.4 Å². The van der Waals surface area contributed by atoms with Gasteiger partial charge in [0.2, 0.25) is 0 Å². The number of alkyl halides is 1. The average molecular weight is 245 g/mol. The van der Waals surface area contributed by atoms with Crippen molar-refractivity contribution >= 4 is 27.7 Å². The van der Waals surface area contributed by atoms with E-state index in [4.69, 9.17) is 5.73 Å². The van der Waals surface area contributed by atoms with Gasteiger partial charge in [0.05, 0.1) is 17.6 Å². The summed E-state index contributed by atoms with van der Waals surface area (Å²) in [5, 5.41) is 0.893. The summed E-state index contributed by atoms with van der Waals surface area (Å²) in [6.45, 7) is 0. The van der Waals surface area contributed by atoms with Gasteiger partial charge >= 0.3 is 0 Å². The zero-order chi connectivity index (χ0) is 9.68. The van der Waals surface area contributed by atoms with Gasteiger partial charge in [-0.2, -0.15) is 0 Å². The minimum atomic E-state index is -0.407. The topological polar surface area (TPSA) is 38.9 Å². The van der Waals surface area contributed by atoms with Crippen molar-refractivity contribution in [2.45, 2.75) is 6.42 Å². The molecule has 0 aliphatic carbocycles. The molecule has 0 bridgehead atoms. The minimum Gasteiger partial charge on any atom is -0.397 e. The second-order valence-electron chi connectivity index (χ2n) is 2.51. The van der Waals surface area contributed by atoms with E-state index in [-0.39, 0.29) is 0 Å². The number of nitrogens with zero attached hydrogens (tertiary/aromatic N) is 1. The predicted octanol–water partition coefficient (Wildman–Crippen LogP) is 2.60. The third-order valence-electron chi connectivity index (χ3n) is 1.47. The highest BCUT2D eigenvalue weighted by Gasteiger charge is 1.97. The number of allylic oxidation sites excluding steroid dienone is 1. The molecule has 2 N–H and O–H groups in total. The molecule has 1 heterocycles. The fourth-order valence-corrected chi connectivity index (χ4v) is 1.13. The first-order valence-corrected chi connectivity index (χ1v) is 4.99. The molecule has 1 aromatic rings. The molecule has 0 radical (unpaired) electrons. The summed E-state index contributed by atoms with van der Waals surface area (Å²) in [7, 11) is 0. The van der Waals surface area contributed by atoms with Crippen LogP contribution in [-0.4, -0.2) is 10.3 Å². The van der Waals surface area contributed by atoms with Crippen LogP contribution in [0.25, 0.3) is 6.08 Å². The second kappa shape index (κ2) is 4.97. The number of pyridine rings is 1. The maximum atomic E-state index is 12.6. The Hall–Kier alpha value is -0.900. The molecule has 0 amide bonds. The summed E-state index contributed by atoms with van der Waals surface area (Å²) in [5.41, 5.74) is 6.52. The number of halogens is 2. The van der Waals surface area contributed by atoms with Gasteiger partial charge in [-0.05, 0) is 12.5 Å². The molecule has 0 aliphatic rings. The first kappa shape index (κ1) is 10.2. The Labute approximate surface area is 84.8 Å². The standard InChI is InChI=1S/C9H10BrFN2/c10-4-2-1-3-9-8(12)5-7(11)6-13-9/h1,3,5-6H,2,4,12H2. The third kappa shape index (κ3) is 3.14. The maximum absolute atomic E-state index is 12.6. The first-order valence-electron chi connectivity index (χ1n) is 3.87. The first-order chi connectivity index (χ1) is 6.24. The molecule has 0 spiro atoms. The lowest BCUT2D eigenvalue weighted by molar-refractivity contribution is 0.622. The predicted molar refractivity (Wildman–Crippen MR) is 56.1 cm³/mol. The Morgan fingerprint density at radius 2 is 2.38 bits per heavy atom. The Kier molecular flexibility index (Phi) is 3.89. The zero-order valence-corrected chi connectivity index (χ0v) is 8.59. The smallest absolute Gasteiger partial charge is 0.143 e. The van der Waals surface area contributed by atoms with Crippen LogP contribution in [0.5, 0.6) is 0 Å². The highest BCUT2D eigenvalue weighted by Crippen LogP contribution is 2.11. The Morgan fingerprint density at radius 1 is 1.62 bits per heavy atom. The molecule has 4 heteroatoms. The second-order valence-corrected chi connectivity index (χ2v) is 3.30. The number of hydrogen-bond acceptors (Lipinski definition) is 2. The number of aromatic nitrogens is 1. The van der Waals surface area contributed by atoms with Crippen molar-refractivity contribution in [1.29, 1.82) is 0 Å². The van der Waals surface area contributed by atoms with Crippen LogP contribution in [-0.2, 0) is 0 Å². The number of hydrogen-bond donors (Lipinski definition) is 1. The molecular formula is C9H10BrFN2. The van der Waals surface area contributed by atoms with Gasteiger partial charge in [0, 0.05) is 11.4 Å².